The van der Waals surface area contributed by atoms with Gasteiger partial charge in [-0.1, -0.05) is 0 Å². The number of nitrogens with one attached hydrogen (secondary N) is 2. The fourth-order valence-corrected chi connectivity index (χ4v) is 1.63. The van der Waals surface area contributed by atoms with E-state index in [1.165, 1.54) is 6.08 Å². The summed E-state index contributed by atoms with van der Waals surface area (Å²) in [4.78, 5) is 11.6. The Bertz CT molecular complexity index is 470. The van der Waals surface area contributed by atoms with Gasteiger partial charge in [-0.3, -0.25) is 10.1 Å². The van der Waals surface area contributed by atoms with Crippen LogP contribution in [0.5, 0.6) is 0 Å². The smallest absolute Gasteiger partial charge is 0.250 e. The van der Waals surface area contributed by atoms with E-state index >= 15 is 0 Å². The molecule has 0 aliphatic heterocycles. The lowest BCUT2D eigenvalue weighted by Crippen LogP contribution is -2.47. The summed E-state index contributed by atoms with van der Waals surface area (Å²) < 4.78 is 5.30. The standard InChI is InChI=1S/C13H18N2O2S/c1-9-5-6-10(17-9)7-8-11(16)14-12(18)15-13(2,3)4/h5-8H,1-4H3,(H2,14,15,16,18)/b8-7+. The highest BCUT2D eigenvalue weighted by atomic mass is 32.1. The zero-order valence-electron chi connectivity index (χ0n) is 11.0. The van der Waals surface area contributed by atoms with Crippen LogP contribution in [0, 0.1) is 6.92 Å². The predicted octanol–water partition coefficient (Wildman–Crippen LogP) is 2.39. The van der Waals surface area contributed by atoms with Crippen LogP contribution >= 0.6 is 12.2 Å². The fourth-order valence-electron chi connectivity index (χ4n) is 1.23. The maximum Gasteiger partial charge on any atom is 0.250 e. The summed E-state index contributed by atoms with van der Waals surface area (Å²) in [5, 5.41) is 5.87. The van der Waals surface area contributed by atoms with Gasteiger partial charge in [0.05, 0.1) is 0 Å². The molecule has 1 heterocycles. The van der Waals surface area contributed by atoms with Gasteiger partial charge >= 0.3 is 0 Å². The van der Waals surface area contributed by atoms with E-state index in [1.807, 2.05) is 33.8 Å². The van der Waals surface area contributed by atoms with Crippen LogP contribution in [-0.4, -0.2) is 16.6 Å². The normalized spacial score (nSPS) is 11.6. The van der Waals surface area contributed by atoms with E-state index in [0.29, 0.717) is 10.9 Å². The Kier molecular flexibility index (Phi) is 4.67. The second-order valence-corrected chi connectivity index (χ2v) is 5.38. The SMILES string of the molecule is Cc1ccc(/C=C/C(=O)NC(=S)NC(C)(C)C)o1. The lowest BCUT2D eigenvalue weighted by atomic mass is 10.1. The van der Waals surface area contributed by atoms with Gasteiger partial charge in [-0.25, -0.2) is 0 Å². The first kappa shape index (κ1) is 14.4. The van der Waals surface area contributed by atoms with Gasteiger partial charge in [-0.05, 0) is 58.1 Å². The van der Waals surface area contributed by atoms with Crippen molar-refractivity contribution in [2.45, 2.75) is 33.2 Å². The van der Waals surface area contributed by atoms with Crippen molar-refractivity contribution < 1.29 is 9.21 Å². The van der Waals surface area contributed by atoms with Gasteiger partial charge in [0, 0.05) is 11.6 Å². The average Bonchev–Trinajstić information content (AvgIpc) is 2.58. The number of carbonyl (C=O) groups is 1. The molecule has 98 valence electrons. The molecule has 0 aliphatic rings. The molecule has 1 rings (SSSR count). The molecule has 2 N–H and O–H groups in total. The summed E-state index contributed by atoms with van der Waals surface area (Å²) >= 11 is 5.01. The summed E-state index contributed by atoms with van der Waals surface area (Å²) in [5.74, 6) is 1.16. The minimum atomic E-state index is -0.286. The number of furan rings is 1. The van der Waals surface area contributed by atoms with Crippen LogP contribution in [0.25, 0.3) is 6.08 Å². The van der Waals surface area contributed by atoms with Gasteiger partial charge in [0.15, 0.2) is 5.11 Å². The summed E-state index contributed by atoms with van der Waals surface area (Å²) in [6.45, 7) is 7.74. The van der Waals surface area contributed by atoms with Crippen LogP contribution < -0.4 is 10.6 Å². The minimum absolute atomic E-state index is 0.174. The number of aryl methyl sites for hydroxylation is 1. The Hall–Kier alpha value is -1.62. The molecule has 1 amide bonds. The third-order valence-corrected chi connectivity index (χ3v) is 2.09. The molecule has 18 heavy (non-hydrogen) atoms. The van der Waals surface area contributed by atoms with Crippen LogP contribution in [0.1, 0.15) is 32.3 Å². The molecule has 0 fully saturated rings. The maximum atomic E-state index is 11.6. The molecule has 0 saturated heterocycles. The van der Waals surface area contributed by atoms with Crippen LogP contribution in [0.3, 0.4) is 0 Å². The van der Waals surface area contributed by atoms with Gasteiger partial charge in [-0.15, -0.1) is 0 Å². The number of rotatable bonds is 2. The first-order chi connectivity index (χ1) is 8.26. The fraction of sp³-hybridized carbons (Fsp3) is 0.385. The molecule has 0 atom stereocenters. The number of carbonyl (C=O) groups excluding carboxylic acids is 1. The Morgan fingerprint density at radius 1 is 1.39 bits per heavy atom. The Labute approximate surface area is 112 Å². The highest BCUT2D eigenvalue weighted by Gasteiger charge is 2.11. The monoisotopic (exact) mass is 266 g/mol. The van der Waals surface area contributed by atoms with Crippen molar-refractivity contribution >= 4 is 29.3 Å². The van der Waals surface area contributed by atoms with E-state index in [9.17, 15) is 4.79 Å². The Morgan fingerprint density at radius 2 is 2.06 bits per heavy atom. The first-order valence-electron chi connectivity index (χ1n) is 5.64. The molecule has 4 nitrogen and oxygen atoms in total. The highest BCUT2D eigenvalue weighted by molar-refractivity contribution is 7.80. The molecule has 0 spiro atoms. The summed E-state index contributed by atoms with van der Waals surface area (Å²) in [5.41, 5.74) is -0.174. The van der Waals surface area contributed by atoms with Crippen LogP contribution in [0.15, 0.2) is 22.6 Å². The molecule has 0 aliphatic carbocycles. The molecule has 1 aromatic heterocycles. The molecule has 0 bridgehead atoms. The zero-order valence-corrected chi connectivity index (χ0v) is 11.9. The molecule has 0 unspecified atom stereocenters. The van der Waals surface area contributed by atoms with E-state index in [1.54, 1.807) is 12.1 Å². The lowest BCUT2D eigenvalue weighted by Gasteiger charge is -2.22. The third kappa shape index (κ3) is 5.63. The van der Waals surface area contributed by atoms with Gasteiger partial charge in [0.25, 0.3) is 0 Å². The Balaban J connectivity index is 2.47. The van der Waals surface area contributed by atoms with Crippen LogP contribution in [0.2, 0.25) is 0 Å². The van der Waals surface area contributed by atoms with Crippen molar-refractivity contribution in [1.82, 2.24) is 10.6 Å². The van der Waals surface area contributed by atoms with E-state index in [-0.39, 0.29) is 11.4 Å². The second-order valence-electron chi connectivity index (χ2n) is 4.98. The van der Waals surface area contributed by atoms with Gasteiger partial charge in [0.1, 0.15) is 11.5 Å². The maximum absolute atomic E-state index is 11.6. The van der Waals surface area contributed by atoms with E-state index < -0.39 is 0 Å². The first-order valence-corrected chi connectivity index (χ1v) is 6.05. The zero-order chi connectivity index (χ0) is 13.8. The molecule has 0 aromatic carbocycles. The van der Waals surface area contributed by atoms with Crippen LogP contribution in [-0.2, 0) is 4.79 Å². The topological polar surface area (TPSA) is 54.3 Å². The lowest BCUT2D eigenvalue weighted by molar-refractivity contribution is -0.115. The van der Waals surface area contributed by atoms with Crippen LogP contribution in [0.4, 0.5) is 0 Å². The number of thiocarbonyl (C=S) groups is 1. The summed E-state index contributed by atoms with van der Waals surface area (Å²) in [6, 6.07) is 3.63. The third-order valence-electron chi connectivity index (χ3n) is 1.89. The van der Waals surface area contributed by atoms with Crippen molar-refractivity contribution in [1.29, 1.82) is 0 Å². The van der Waals surface area contributed by atoms with Crippen molar-refractivity contribution in [3.05, 3.63) is 29.7 Å². The number of hydrogen-bond acceptors (Lipinski definition) is 3. The van der Waals surface area contributed by atoms with E-state index in [4.69, 9.17) is 16.6 Å². The highest BCUT2D eigenvalue weighted by Crippen LogP contribution is 2.07. The van der Waals surface area contributed by atoms with Crippen molar-refractivity contribution in [3.63, 3.8) is 0 Å². The van der Waals surface area contributed by atoms with Crippen molar-refractivity contribution in [2.75, 3.05) is 0 Å². The summed E-state index contributed by atoms with van der Waals surface area (Å²) in [6.07, 6.45) is 2.98. The van der Waals surface area contributed by atoms with E-state index in [0.717, 1.165) is 5.76 Å². The second kappa shape index (κ2) is 5.82. The molecule has 5 heteroatoms. The van der Waals surface area contributed by atoms with Gasteiger partial charge < -0.3 is 9.73 Å². The number of hydrogen-bond donors (Lipinski definition) is 2. The van der Waals surface area contributed by atoms with E-state index in [2.05, 4.69) is 10.6 Å². The molecule has 1 aromatic rings. The molecular weight excluding hydrogens is 248 g/mol. The quantitative estimate of drug-likeness (QED) is 0.637. The van der Waals surface area contributed by atoms with Crippen molar-refractivity contribution in [2.24, 2.45) is 0 Å². The Morgan fingerprint density at radius 3 is 2.56 bits per heavy atom. The largest absolute Gasteiger partial charge is 0.462 e. The van der Waals surface area contributed by atoms with Gasteiger partial charge in [-0.2, -0.15) is 0 Å². The summed E-state index contributed by atoms with van der Waals surface area (Å²) in [7, 11) is 0. The molecular formula is C13H18N2O2S. The minimum Gasteiger partial charge on any atom is -0.462 e. The predicted molar refractivity (Wildman–Crippen MR) is 76.1 cm³/mol. The number of amides is 1. The van der Waals surface area contributed by atoms with Crippen molar-refractivity contribution in [3.8, 4) is 0 Å². The molecule has 0 radical (unpaired) electrons. The van der Waals surface area contributed by atoms with Gasteiger partial charge in [0.2, 0.25) is 5.91 Å². The average molecular weight is 266 g/mol. The molecule has 0 saturated carbocycles.